The van der Waals surface area contributed by atoms with Crippen molar-refractivity contribution < 1.29 is 9.53 Å². The molecule has 2 N–H and O–H groups in total. The molecule has 0 saturated carbocycles. The second-order valence-electron chi connectivity index (χ2n) is 6.10. The van der Waals surface area contributed by atoms with Crippen LogP contribution in [0.1, 0.15) is 29.8 Å². The first-order valence-corrected chi connectivity index (χ1v) is 8.45. The lowest BCUT2D eigenvalue weighted by Gasteiger charge is -2.22. The molecule has 2 aromatic rings. The number of hydrogen-bond acceptors (Lipinski definition) is 4. The number of rotatable bonds is 6. The molecular formula is C18H25ClN4O2. The van der Waals surface area contributed by atoms with Crippen molar-refractivity contribution in [2.75, 3.05) is 26.7 Å². The van der Waals surface area contributed by atoms with E-state index < -0.39 is 0 Å². The van der Waals surface area contributed by atoms with E-state index in [2.05, 4.69) is 15.7 Å². The normalized spacial score (nSPS) is 16.8. The molecule has 6 nitrogen and oxygen atoms in total. The van der Waals surface area contributed by atoms with Crippen molar-refractivity contribution in [2.45, 2.75) is 19.3 Å². The first-order valence-electron chi connectivity index (χ1n) is 8.45. The Bertz CT molecular complexity index is 666. The summed E-state index contributed by atoms with van der Waals surface area (Å²) < 4.78 is 6.84. The predicted octanol–water partition coefficient (Wildman–Crippen LogP) is 2.42. The molecular weight excluding hydrogens is 340 g/mol. The third-order valence-corrected chi connectivity index (χ3v) is 4.40. The summed E-state index contributed by atoms with van der Waals surface area (Å²) in [6.07, 6.45) is 5.28. The zero-order valence-electron chi connectivity index (χ0n) is 14.4. The molecule has 1 aromatic carbocycles. The summed E-state index contributed by atoms with van der Waals surface area (Å²) in [4.78, 5) is 12.2. The Morgan fingerprint density at radius 2 is 2.16 bits per heavy atom. The topological polar surface area (TPSA) is 68.2 Å². The van der Waals surface area contributed by atoms with Crippen LogP contribution in [0.2, 0.25) is 0 Å². The smallest absolute Gasteiger partial charge is 0.271 e. The number of piperidine rings is 1. The van der Waals surface area contributed by atoms with Crippen LogP contribution in [0.25, 0.3) is 5.69 Å². The van der Waals surface area contributed by atoms with E-state index in [0.717, 1.165) is 30.9 Å². The van der Waals surface area contributed by atoms with Crippen molar-refractivity contribution in [1.29, 1.82) is 0 Å². The van der Waals surface area contributed by atoms with Gasteiger partial charge in [-0.3, -0.25) is 4.79 Å². The molecule has 25 heavy (non-hydrogen) atoms. The Labute approximate surface area is 154 Å². The Balaban J connectivity index is 0.00000225. The summed E-state index contributed by atoms with van der Waals surface area (Å²) in [6, 6.07) is 9.29. The maximum Gasteiger partial charge on any atom is 0.271 e. The van der Waals surface area contributed by atoms with Crippen molar-refractivity contribution in [3.05, 3.63) is 42.2 Å². The standard InChI is InChI=1S/C18H24N4O2.ClH/c1-24-16-6-4-15(5-7-16)22-12-9-17(21-22)18(23)20-11-8-14-3-2-10-19-13-14;/h4-7,9,12,14,19H,2-3,8,10-11,13H2,1H3,(H,20,23);1H. The van der Waals surface area contributed by atoms with E-state index in [0.29, 0.717) is 18.2 Å². The molecule has 0 spiro atoms. The Kier molecular flexibility index (Phi) is 7.28. The average Bonchev–Trinajstić information content (AvgIpc) is 3.13. The summed E-state index contributed by atoms with van der Waals surface area (Å²) in [7, 11) is 1.63. The van der Waals surface area contributed by atoms with Crippen LogP contribution in [0, 0.1) is 5.92 Å². The lowest BCUT2D eigenvalue weighted by molar-refractivity contribution is 0.0945. The molecule has 0 aliphatic carbocycles. The van der Waals surface area contributed by atoms with Crippen molar-refractivity contribution >= 4 is 18.3 Å². The van der Waals surface area contributed by atoms with Crippen LogP contribution in [-0.4, -0.2) is 42.4 Å². The van der Waals surface area contributed by atoms with Crippen LogP contribution >= 0.6 is 12.4 Å². The zero-order valence-corrected chi connectivity index (χ0v) is 15.2. The highest BCUT2D eigenvalue weighted by Gasteiger charge is 2.14. The first kappa shape index (κ1) is 19.3. The molecule has 1 aromatic heterocycles. The highest BCUT2D eigenvalue weighted by Crippen LogP contribution is 2.15. The number of nitrogens with zero attached hydrogens (tertiary/aromatic N) is 2. The van der Waals surface area contributed by atoms with Gasteiger partial charge in [-0.2, -0.15) is 5.10 Å². The van der Waals surface area contributed by atoms with Gasteiger partial charge in [-0.05, 0) is 68.6 Å². The number of benzene rings is 1. The van der Waals surface area contributed by atoms with E-state index in [1.165, 1.54) is 12.8 Å². The molecule has 2 heterocycles. The van der Waals surface area contributed by atoms with Crippen LogP contribution in [0.3, 0.4) is 0 Å². The number of ether oxygens (including phenoxy) is 1. The second kappa shape index (κ2) is 9.44. The van der Waals surface area contributed by atoms with Gasteiger partial charge < -0.3 is 15.4 Å². The lowest BCUT2D eigenvalue weighted by Crippen LogP contribution is -2.33. The first-order chi connectivity index (χ1) is 11.8. The van der Waals surface area contributed by atoms with Gasteiger partial charge in [0.2, 0.25) is 0 Å². The minimum atomic E-state index is -0.119. The molecule has 1 unspecified atom stereocenters. The maximum absolute atomic E-state index is 12.2. The number of halogens is 1. The summed E-state index contributed by atoms with van der Waals surface area (Å²) in [5.74, 6) is 1.34. The zero-order chi connectivity index (χ0) is 16.8. The highest BCUT2D eigenvalue weighted by molar-refractivity contribution is 5.92. The van der Waals surface area contributed by atoms with Gasteiger partial charge in [0.1, 0.15) is 5.75 Å². The van der Waals surface area contributed by atoms with E-state index in [4.69, 9.17) is 4.74 Å². The van der Waals surface area contributed by atoms with Gasteiger partial charge in [0.05, 0.1) is 12.8 Å². The Morgan fingerprint density at radius 3 is 2.84 bits per heavy atom. The van der Waals surface area contributed by atoms with Gasteiger partial charge in [0.25, 0.3) is 5.91 Å². The third kappa shape index (κ3) is 5.21. The van der Waals surface area contributed by atoms with Gasteiger partial charge in [-0.25, -0.2) is 4.68 Å². The van der Waals surface area contributed by atoms with Crippen LogP contribution < -0.4 is 15.4 Å². The van der Waals surface area contributed by atoms with E-state index in [-0.39, 0.29) is 18.3 Å². The molecule has 1 atom stereocenters. The fraction of sp³-hybridized carbons (Fsp3) is 0.444. The molecule has 1 amide bonds. The second-order valence-corrected chi connectivity index (χ2v) is 6.10. The van der Waals surface area contributed by atoms with Crippen LogP contribution in [0.15, 0.2) is 36.5 Å². The lowest BCUT2D eigenvalue weighted by atomic mass is 9.96. The van der Waals surface area contributed by atoms with Crippen molar-refractivity contribution in [2.24, 2.45) is 5.92 Å². The number of carbonyl (C=O) groups excluding carboxylic acids is 1. The molecule has 1 fully saturated rings. The highest BCUT2D eigenvalue weighted by atomic mass is 35.5. The van der Waals surface area contributed by atoms with Gasteiger partial charge in [0.15, 0.2) is 5.69 Å². The van der Waals surface area contributed by atoms with Gasteiger partial charge in [0, 0.05) is 12.7 Å². The summed E-state index contributed by atoms with van der Waals surface area (Å²) >= 11 is 0. The molecule has 1 aliphatic heterocycles. The summed E-state index contributed by atoms with van der Waals surface area (Å²) in [5, 5.41) is 10.7. The molecule has 3 rings (SSSR count). The number of methoxy groups -OCH3 is 1. The number of nitrogens with one attached hydrogen (secondary N) is 2. The SMILES string of the molecule is COc1ccc(-n2ccc(C(=O)NCCC3CCCNC3)n2)cc1.Cl. The number of carbonyl (C=O) groups is 1. The van der Waals surface area contributed by atoms with Gasteiger partial charge in [-0.15, -0.1) is 12.4 Å². The number of amides is 1. The largest absolute Gasteiger partial charge is 0.497 e. The molecule has 136 valence electrons. The molecule has 0 radical (unpaired) electrons. The van der Waals surface area contributed by atoms with E-state index in [1.807, 2.05) is 24.3 Å². The van der Waals surface area contributed by atoms with Gasteiger partial charge in [-0.1, -0.05) is 0 Å². The van der Waals surface area contributed by atoms with E-state index in [9.17, 15) is 4.79 Å². The van der Waals surface area contributed by atoms with Crippen LogP contribution in [0.4, 0.5) is 0 Å². The van der Waals surface area contributed by atoms with Crippen molar-refractivity contribution in [3.8, 4) is 11.4 Å². The quantitative estimate of drug-likeness (QED) is 0.826. The van der Waals surface area contributed by atoms with Crippen molar-refractivity contribution in [3.63, 3.8) is 0 Å². The molecule has 1 aliphatic rings. The predicted molar refractivity (Wildman–Crippen MR) is 99.9 cm³/mol. The van der Waals surface area contributed by atoms with E-state index >= 15 is 0 Å². The summed E-state index contributed by atoms with van der Waals surface area (Å²) in [6.45, 7) is 2.87. The molecule has 0 bridgehead atoms. The van der Waals surface area contributed by atoms with Gasteiger partial charge >= 0.3 is 0 Å². The minimum absolute atomic E-state index is 0. The molecule has 1 saturated heterocycles. The Hall–Kier alpha value is -2.05. The average molecular weight is 365 g/mol. The Morgan fingerprint density at radius 1 is 1.36 bits per heavy atom. The fourth-order valence-corrected chi connectivity index (χ4v) is 2.97. The third-order valence-electron chi connectivity index (χ3n) is 4.40. The number of aromatic nitrogens is 2. The molecule has 7 heteroatoms. The van der Waals surface area contributed by atoms with Crippen LogP contribution in [-0.2, 0) is 0 Å². The van der Waals surface area contributed by atoms with E-state index in [1.54, 1.807) is 24.1 Å². The maximum atomic E-state index is 12.2. The minimum Gasteiger partial charge on any atom is -0.497 e. The number of hydrogen-bond donors (Lipinski definition) is 2. The fourth-order valence-electron chi connectivity index (χ4n) is 2.97. The van der Waals surface area contributed by atoms with Crippen LogP contribution in [0.5, 0.6) is 5.75 Å². The monoisotopic (exact) mass is 364 g/mol. The van der Waals surface area contributed by atoms with Crippen molar-refractivity contribution in [1.82, 2.24) is 20.4 Å². The summed E-state index contributed by atoms with van der Waals surface area (Å²) in [5.41, 5.74) is 1.33.